The first-order valence-corrected chi connectivity index (χ1v) is 11.1. The van der Waals surface area contributed by atoms with E-state index >= 15 is 0 Å². The standard InChI is InChI=1S/C25H26F3N3O2/c26-25(27,28)19-8-3-6-17(14-19)22(16-31-13-5-12-24(31)33)30-23(32)11-4-7-18-15-29-21-10-2-1-9-20(18)21/h1-3,6,8-10,14-15,22,29H,4-5,7,11-13,16H2,(H,30,32)/t22-/m1/s1. The zero-order valence-electron chi connectivity index (χ0n) is 18.1. The number of rotatable bonds is 8. The molecule has 2 N–H and O–H groups in total. The van der Waals surface area contributed by atoms with Gasteiger partial charge in [-0.25, -0.2) is 0 Å². The number of amides is 2. The van der Waals surface area contributed by atoms with Crippen molar-refractivity contribution in [3.05, 3.63) is 71.4 Å². The van der Waals surface area contributed by atoms with Crippen molar-refractivity contribution < 1.29 is 22.8 Å². The number of halogens is 3. The van der Waals surface area contributed by atoms with Crippen molar-refractivity contribution in [2.75, 3.05) is 13.1 Å². The summed E-state index contributed by atoms with van der Waals surface area (Å²) in [6.07, 6.45) is 0.145. The van der Waals surface area contributed by atoms with Crippen LogP contribution in [0.2, 0.25) is 0 Å². The highest BCUT2D eigenvalue weighted by molar-refractivity contribution is 5.83. The molecule has 0 radical (unpaired) electrons. The molecule has 174 valence electrons. The Morgan fingerprint density at radius 3 is 2.73 bits per heavy atom. The molecule has 1 atom stereocenters. The number of hydrogen-bond acceptors (Lipinski definition) is 2. The van der Waals surface area contributed by atoms with Gasteiger partial charge in [-0.15, -0.1) is 0 Å². The van der Waals surface area contributed by atoms with Crippen LogP contribution in [-0.4, -0.2) is 34.8 Å². The van der Waals surface area contributed by atoms with Crippen LogP contribution in [0.5, 0.6) is 0 Å². The van der Waals surface area contributed by atoms with Crippen LogP contribution in [0.15, 0.2) is 54.7 Å². The maximum Gasteiger partial charge on any atom is 0.416 e. The summed E-state index contributed by atoms with van der Waals surface area (Å²) in [6, 6.07) is 12.2. The molecule has 0 unspecified atom stereocenters. The monoisotopic (exact) mass is 457 g/mol. The number of likely N-dealkylation sites (tertiary alicyclic amines) is 1. The summed E-state index contributed by atoms with van der Waals surface area (Å²) in [5.41, 5.74) is 1.73. The number of aromatic nitrogens is 1. The fourth-order valence-electron chi connectivity index (χ4n) is 4.33. The fraction of sp³-hybridized carbons (Fsp3) is 0.360. The number of fused-ring (bicyclic) bond motifs is 1. The molecule has 1 fully saturated rings. The highest BCUT2D eigenvalue weighted by Gasteiger charge is 2.32. The average molecular weight is 457 g/mol. The van der Waals surface area contributed by atoms with Gasteiger partial charge in [-0.2, -0.15) is 13.2 Å². The molecule has 4 rings (SSSR count). The molecule has 1 aromatic heterocycles. The largest absolute Gasteiger partial charge is 0.416 e. The minimum absolute atomic E-state index is 0.0411. The Morgan fingerprint density at radius 1 is 1.15 bits per heavy atom. The first-order valence-electron chi connectivity index (χ1n) is 11.1. The average Bonchev–Trinajstić information content (AvgIpc) is 3.39. The predicted octanol–water partition coefficient (Wildman–Crippen LogP) is 4.99. The van der Waals surface area contributed by atoms with Gasteiger partial charge in [-0.05, 0) is 48.6 Å². The van der Waals surface area contributed by atoms with Crippen molar-refractivity contribution in [1.29, 1.82) is 0 Å². The van der Waals surface area contributed by atoms with Crippen LogP contribution in [0, 0.1) is 0 Å². The Bertz CT molecular complexity index is 1140. The molecule has 1 aliphatic heterocycles. The minimum Gasteiger partial charge on any atom is -0.361 e. The lowest BCUT2D eigenvalue weighted by molar-refractivity contribution is -0.137. The first-order chi connectivity index (χ1) is 15.8. The third-order valence-electron chi connectivity index (χ3n) is 6.05. The number of hydrogen-bond donors (Lipinski definition) is 2. The van der Waals surface area contributed by atoms with Gasteiger partial charge in [0.2, 0.25) is 11.8 Å². The molecule has 0 bridgehead atoms. The molecule has 2 aromatic carbocycles. The smallest absolute Gasteiger partial charge is 0.361 e. The van der Waals surface area contributed by atoms with Gasteiger partial charge in [0.1, 0.15) is 0 Å². The number of carbonyl (C=O) groups excluding carboxylic acids is 2. The van der Waals surface area contributed by atoms with Gasteiger partial charge in [0.15, 0.2) is 0 Å². The van der Waals surface area contributed by atoms with Crippen molar-refractivity contribution in [1.82, 2.24) is 15.2 Å². The van der Waals surface area contributed by atoms with Crippen molar-refractivity contribution in [3.8, 4) is 0 Å². The van der Waals surface area contributed by atoms with Gasteiger partial charge in [0, 0.05) is 43.0 Å². The number of aromatic amines is 1. The van der Waals surface area contributed by atoms with E-state index in [1.54, 1.807) is 11.0 Å². The lowest BCUT2D eigenvalue weighted by Crippen LogP contribution is -2.38. The van der Waals surface area contributed by atoms with Crippen LogP contribution in [0.3, 0.4) is 0 Å². The van der Waals surface area contributed by atoms with E-state index in [9.17, 15) is 22.8 Å². The van der Waals surface area contributed by atoms with E-state index in [0.29, 0.717) is 37.8 Å². The van der Waals surface area contributed by atoms with Gasteiger partial charge < -0.3 is 15.2 Å². The first kappa shape index (κ1) is 22.9. The number of carbonyl (C=O) groups is 2. The van der Waals surface area contributed by atoms with E-state index in [1.165, 1.54) is 6.07 Å². The molecule has 3 aromatic rings. The molecule has 1 saturated heterocycles. The molecule has 0 aliphatic carbocycles. The zero-order valence-corrected chi connectivity index (χ0v) is 18.1. The summed E-state index contributed by atoms with van der Waals surface area (Å²) in [5, 5.41) is 3.99. The number of para-hydroxylation sites is 1. The molecule has 2 heterocycles. The zero-order chi connectivity index (χ0) is 23.4. The number of nitrogens with one attached hydrogen (secondary N) is 2. The molecule has 0 spiro atoms. The third-order valence-corrected chi connectivity index (χ3v) is 6.05. The fourth-order valence-corrected chi connectivity index (χ4v) is 4.33. The summed E-state index contributed by atoms with van der Waals surface area (Å²) >= 11 is 0. The van der Waals surface area contributed by atoms with Crippen molar-refractivity contribution in [2.24, 2.45) is 0 Å². The molecule has 33 heavy (non-hydrogen) atoms. The van der Waals surface area contributed by atoms with E-state index in [4.69, 9.17) is 0 Å². The maximum absolute atomic E-state index is 13.2. The second-order valence-electron chi connectivity index (χ2n) is 8.40. The van der Waals surface area contributed by atoms with E-state index in [0.717, 1.165) is 28.6 Å². The summed E-state index contributed by atoms with van der Waals surface area (Å²) in [6.45, 7) is 0.707. The minimum atomic E-state index is -4.48. The summed E-state index contributed by atoms with van der Waals surface area (Å²) < 4.78 is 39.7. The van der Waals surface area contributed by atoms with Crippen molar-refractivity contribution in [2.45, 2.75) is 44.3 Å². The lowest BCUT2D eigenvalue weighted by atomic mass is 10.0. The highest BCUT2D eigenvalue weighted by atomic mass is 19.4. The molecule has 0 saturated carbocycles. The van der Waals surface area contributed by atoms with Gasteiger partial charge >= 0.3 is 6.18 Å². The van der Waals surface area contributed by atoms with Gasteiger partial charge in [-0.1, -0.05) is 30.3 Å². The molecule has 1 aliphatic rings. The number of benzene rings is 2. The number of nitrogens with zero attached hydrogens (tertiary/aromatic N) is 1. The number of alkyl halides is 3. The summed E-state index contributed by atoms with van der Waals surface area (Å²) in [5.74, 6) is -0.288. The van der Waals surface area contributed by atoms with Crippen molar-refractivity contribution >= 4 is 22.7 Å². The van der Waals surface area contributed by atoms with Gasteiger partial charge in [0.05, 0.1) is 11.6 Å². The Hall–Kier alpha value is -3.29. The Morgan fingerprint density at radius 2 is 1.97 bits per heavy atom. The van der Waals surface area contributed by atoms with E-state index in [1.807, 2.05) is 30.5 Å². The quantitative estimate of drug-likeness (QED) is 0.501. The van der Waals surface area contributed by atoms with E-state index in [2.05, 4.69) is 10.3 Å². The summed E-state index contributed by atoms with van der Waals surface area (Å²) in [4.78, 5) is 29.6. The van der Waals surface area contributed by atoms with Gasteiger partial charge in [0.25, 0.3) is 0 Å². The van der Waals surface area contributed by atoms with Crippen LogP contribution >= 0.6 is 0 Å². The van der Waals surface area contributed by atoms with E-state index in [-0.39, 0.29) is 24.8 Å². The van der Waals surface area contributed by atoms with Crippen LogP contribution in [0.25, 0.3) is 10.9 Å². The predicted molar refractivity (Wildman–Crippen MR) is 119 cm³/mol. The van der Waals surface area contributed by atoms with Crippen molar-refractivity contribution in [3.63, 3.8) is 0 Å². The van der Waals surface area contributed by atoms with E-state index < -0.39 is 17.8 Å². The number of aryl methyl sites for hydroxylation is 1. The molecular formula is C25H26F3N3O2. The number of H-pyrrole nitrogens is 1. The van der Waals surface area contributed by atoms with Crippen LogP contribution in [-0.2, 0) is 22.2 Å². The third kappa shape index (κ3) is 5.56. The molecule has 5 nitrogen and oxygen atoms in total. The Kier molecular flexibility index (Phi) is 6.72. The normalized spacial score (nSPS) is 15.2. The Labute approximate surface area is 190 Å². The molecule has 2 amide bonds. The van der Waals surface area contributed by atoms with Crippen LogP contribution in [0.4, 0.5) is 13.2 Å². The summed E-state index contributed by atoms with van der Waals surface area (Å²) in [7, 11) is 0. The molecule has 8 heteroatoms. The van der Waals surface area contributed by atoms with Gasteiger partial charge in [-0.3, -0.25) is 9.59 Å². The topological polar surface area (TPSA) is 65.2 Å². The SMILES string of the molecule is O=C(CCCc1c[nH]c2ccccc12)N[C@H](CN1CCCC1=O)c1cccc(C(F)(F)F)c1. The molecular weight excluding hydrogens is 431 g/mol. The second kappa shape index (κ2) is 9.68. The van der Waals surface area contributed by atoms with Crippen LogP contribution < -0.4 is 5.32 Å². The maximum atomic E-state index is 13.2. The highest BCUT2D eigenvalue weighted by Crippen LogP contribution is 2.31. The lowest BCUT2D eigenvalue weighted by Gasteiger charge is -2.26. The Balaban J connectivity index is 1.43. The van der Waals surface area contributed by atoms with Crippen LogP contribution in [0.1, 0.15) is 48.4 Å². The second-order valence-corrected chi connectivity index (χ2v) is 8.40.